The summed E-state index contributed by atoms with van der Waals surface area (Å²) in [6, 6.07) is 5.07. The molecule has 1 unspecified atom stereocenters. The molecular formula is C19H20F2N2O3. The first-order valence-corrected chi connectivity index (χ1v) is 8.05. The van der Waals surface area contributed by atoms with Crippen molar-refractivity contribution in [2.24, 2.45) is 0 Å². The fraction of sp³-hybridized carbons (Fsp3) is 0.368. The molecule has 0 saturated heterocycles. The average Bonchev–Trinajstić information content (AvgIpc) is 2.54. The first kappa shape index (κ1) is 19.6. The molecule has 0 aliphatic carbocycles. The van der Waals surface area contributed by atoms with E-state index in [-0.39, 0.29) is 23.3 Å². The number of rotatable bonds is 5. The molecule has 1 atom stereocenters. The van der Waals surface area contributed by atoms with Crippen molar-refractivity contribution in [2.45, 2.75) is 32.8 Å². The second-order valence-corrected chi connectivity index (χ2v) is 6.15. The van der Waals surface area contributed by atoms with Gasteiger partial charge in [0, 0.05) is 24.4 Å². The standard InChI is InChI=1S/C19H20F2N2O3/c1-10(2)26-19(24)18-16(9-25-4)23-11(3)14(8-22)17(18)13-6-5-12(20)7-15(13)21/h5-7,10,17,23H,9H2,1-4H3. The zero-order valence-electron chi connectivity index (χ0n) is 15.0. The summed E-state index contributed by atoms with van der Waals surface area (Å²) in [5.41, 5.74) is 1.10. The van der Waals surface area contributed by atoms with Gasteiger partial charge in [-0.3, -0.25) is 0 Å². The molecular weight excluding hydrogens is 342 g/mol. The molecule has 0 fully saturated rings. The van der Waals surface area contributed by atoms with Crippen molar-refractivity contribution in [3.8, 4) is 6.07 Å². The van der Waals surface area contributed by atoms with E-state index in [1.54, 1.807) is 20.8 Å². The van der Waals surface area contributed by atoms with Crippen LogP contribution in [0, 0.1) is 23.0 Å². The highest BCUT2D eigenvalue weighted by Crippen LogP contribution is 2.39. The molecule has 5 nitrogen and oxygen atoms in total. The van der Waals surface area contributed by atoms with Crippen LogP contribution in [0.15, 0.2) is 40.7 Å². The van der Waals surface area contributed by atoms with Crippen LogP contribution in [0.4, 0.5) is 8.78 Å². The summed E-state index contributed by atoms with van der Waals surface area (Å²) in [7, 11) is 1.45. The Hall–Kier alpha value is -2.72. The number of nitrogens with zero attached hydrogens (tertiary/aromatic N) is 1. The van der Waals surface area contributed by atoms with Crippen LogP contribution < -0.4 is 5.32 Å². The Morgan fingerprint density at radius 2 is 2.08 bits per heavy atom. The third-order valence-corrected chi connectivity index (χ3v) is 3.89. The fourth-order valence-corrected chi connectivity index (χ4v) is 2.87. The molecule has 0 amide bonds. The molecule has 1 N–H and O–H groups in total. The first-order chi connectivity index (χ1) is 12.3. The Labute approximate surface area is 150 Å². The van der Waals surface area contributed by atoms with E-state index in [1.807, 2.05) is 6.07 Å². The number of carbonyl (C=O) groups excluding carboxylic acids is 1. The number of ether oxygens (including phenoxy) is 2. The van der Waals surface area contributed by atoms with Crippen LogP contribution in [-0.2, 0) is 14.3 Å². The van der Waals surface area contributed by atoms with Gasteiger partial charge in [0.25, 0.3) is 0 Å². The molecule has 1 heterocycles. The van der Waals surface area contributed by atoms with E-state index in [1.165, 1.54) is 13.2 Å². The van der Waals surface area contributed by atoms with Gasteiger partial charge in [-0.25, -0.2) is 13.6 Å². The van der Waals surface area contributed by atoms with Crippen LogP contribution >= 0.6 is 0 Å². The van der Waals surface area contributed by atoms with Gasteiger partial charge in [-0.2, -0.15) is 5.26 Å². The maximum absolute atomic E-state index is 14.5. The second kappa shape index (κ2) is 8.11. The molecule has 0 radical (unpaired) electrons. The number of hydrogen-bond donors (Lipinski definition) is 1. The van der Waals surface area contributed by atoms with E-state index in [0.29, 0.717) is 11.4 Å². The van der Waals surface area contributed by atoms with Crippen molar-refractivity contribution in [3.05, 3.63) is 57.9 Å². The number of dihydropyridines is 1. The summed E-state index contributed by atoms with van der Waals surface area (Å²) in [4.78, 5) is 12.7. The predicted molar refractivity (Wildman–Crippen MR) is 90.7 cm³/mol. The summed E-state index contributed by atoms with van der Waals surface area (Å²) in [6.07, 6.45) is -0.407. The number of nitrogens with one attached hydrogen (secondary N) is 1. The van der Waals surface area contributed by atoms with Gasteiger partial charge in [-0.05, 0) is 26.8 Å². The van der Waals surface area contributed by atoms with Gasteiger partial charge >= 0.3 is 5.97 Å². The quantitative estimate of drug-likeness (QED) is 0.814. The molecule has 0 saturated carbocycles. The SMILES string of the molecule is COCC1=C(C(=O)OC(C)C)C(c2ccc(F)cc2F)C(C#N)=C(C)N1. The minimum absolute atomic E-state index is 0.0214. The van der Waals surface area contributed by atoms with Gasteiger partial charge in [0.1, 0.15) is 11.6 Å². The highest BCUT2D eigenvalue weighted by Gasteiger charge is 2.37. The van der Waals surface area contributed by atoms with E-state index >= 15 is 0 Å². The van der Waals surface area contributed by atoms with Gasteiger partial charge in [0.05, 0.1) is 41.5 Å². The van der Waals surface area contributed by atoms with Crippen LogP contribution in [0.5, 0.6) is 0 Å². The lowest BCUT2D eigenvalue weighted by molar-refractivity contribution is -0.143. The van der Waals surface area contributed by atoms with Crippen molar-refractivity contribution >= 4 is 5.97 Å². The number of carbonyl (C=O) groups is 1. The van der Waals surface area contributed by atoms with Crippen LogP contribution in [0.25, 0.3) is 0 Å². The number of halogens is 2. The first-order valence-electron chi connectivity index (χ1n) is 8.05. The lowest BCUT2D eigenvalue weighted by atomic mass is 9.80. The summed E-state index contributed by atoms with van der Waals surface area (Å²) in [5, 5.41) is 12.6. The number of allylic oxidation sites excluding steroid dienone is 2. The molecule has 0 aromatic heterocycles. The minimum atomic E-state index is -1.02. The smallest absolute Gasteiger partial charge is 0.337 e. The van der Waals surface area contributed by atoms with Crippen LogP contribution in [0.2, 0.25) is 0 Å². The number of nitriles is 1. The Kier molecular flexibility index (Phi) is 6.11. The van der Waals surface area contributed by atoms with Crippen LogP contribution in [-0.4, -0.2) is 25.8 Å². The zero-order valence-corrected chi connectivity index (χ0v) is 15.0. The summed E-state index contributed by atoms with van der Waals surface area (Å²) in [6.45, 7) is 5.06. The lowest BCUT2D eigenvalue weighted by Gasteiger charge is -2.30. The molecule has 1 aromatic carbocycles. The molecule has 138 valence electrons. The van der Waals surface area contributed by atoms with Gasteiger partial charge in [0.2, 0.25) is 0 Å². The lowest BCUT2D eigenvalue weighted by Crippen LogP contribution is -2.32. The van der Waals surface area contributed by atoms with Crippen molar-refractivity contribution in [1.29, 1.82) is 5.26 Å². The maximum Gasteiger partial charge on any atom is 0.337 e. The Morgan fingerprint density at radius 1 is 1.38 bits per heavy atom. The van der Waals surface area contributed by atoms with E-state index in [0.717, 1.165) is 12.1 Å². The number of benzene rings is 1. The van der Waals surface area contributed by atoms with E-state index in [9.17, 15) is 18.8 Å². The van der Waals surface area contributed by atoms with E-state index in [4.69, 9.17) is 9.47 Å². The Morgan fingerprint density at radius 3 is 2.62 bits per heavy atom. The van der Waals surface area contributed by atoms with Crippen LogP contribution in [0.1, 0.15) is 32.3 Å². The van der Waals surface area contributed by atoms with Crippen molar-refractivity contribution in [3.63, 3.8) is 0 Å². The molecule has 0 spiro atoms. The number of esters is 1. The van der Waals surface area contributed by atoms with Gasteiger partial charge in [0.15, 0.2) is 0 Å². The Bertz CT molecular complexity index is 823. The third kappa shape index (κ3) is 3.92. The topological polar surface area (TPSA) is 71.3 Å². The van der Waals surface area contributed by atoms with Gasteiger partial charge in [-0.1, -0.05) is 6.07 Å². The molecule has 2 rings (SSSR count). The molecule has 7 heteroatoms. The van der Waals surface area contributed by atoms with Crippen molar-refractivity contribution < 1.29 is 23.0 Å². The van der Waals surface area contributed by atoms with E-state index in [2.05, 4.69) is 5.32 Å². The van der Waals surface area contributed by atoms with Gasteiger partial charge < -0.3 is 14.8 Å². The maximum atomic E-state index is 14.5. The molecule has 26 heavy (non-hydrogen) atoms. The average molecular weight is 362 g/mol. The normalized spacial score (nSPS) is 17.2. The molecule has 0 bridgehead atoms. The molecule has 1 aliphatic heterocycles. The Balaban J connectivity index is 2.70. The van der Waals surface area contributed by atoms with E-state index < -0.39 is 29.6 Å². The summed E-state index contributed by atoms with van der Waals surface area (Å²) in [5.74, 6) is -3.29. The van der Waals surface area contributed by atoms with Crippen molar-refractivity contribution in [2.75, 3.05) is 13.7 Å². The fourth-order valence-electron chi connectivity index (χ4n) is 2.87. The molecule has 1 aliphatic rings. The largest absolute Gasteiger partial charge is 0.460 e. The highest BCUT2D eigenvalue weighted by atomic mass is 19.1. The van der Waals surface area contributed by atoms with Crippen LogP contribution in [0.3, 0.4) is 0 Å². The second-order valence-electron chi connectivity index (χ2n) is 6.15. The van der Waals surface area contributed by atoms with Gasteiger partial charge in [-0.15, -0.1) is 0 Å². The zero-order chi connectivity index (χ0) is 19.4. The minimum Gasteiger partial charge on any atom is -0.460 e. The van der Waals surface area contributed by atoms with Crippen molar-refractivity contribution in [1.82, 2.24) is 5.32 Å². The summed E-state index contributed by atoms with van der Waals surface area (Å²) >= 11 is 0. The summed E-state index contributed by atoms with van der Waals surface area (Å²) < 4.78 is 38.2. The third-order valence-electron chi connectivity index (χ3n) is 3.89. The number of hydrogen-bond acceptors (Lipinski definition) is 5. The predicted octanol–water partition coefficient (Wildman–Crippen LogP) is 3.30. The monoisotopic (exact) mass is 362 g/mol. The highest BCUT2D eigenvalue weighted by molar-refractivity contribution is 5.93. The number of methoxy groups -OCH3 is 1. The molecule has 1 aromatic rings.